The van der Waals surface area contributed by atoms with Gasteiger partial charge in [0.2, 0.25) is 5.91 Å². The molecule has 0 radical (unpaired) electrons. The Kier molecular flexibility index (Phi) is 7.86. The Morgan fingerprint density at radius 2 is 1.88 bits per heavy atom. The molecule has 7 nitrogen and oxygen atoms in total. The van der Waals surface area contributed by atoms with E-state index in [0.717, 1.165) is 11.6 Å². The van der Waals surface area contributed by atoms with E-state index in [1.165, 1.54) is 34.7 Å². The lowest BCUT2D eigenvalue weighted by Crippen LogP contribution is -2.36. The van der Waals surface area contributed by atoms with Crippen molar-refractivity contribution < 1.29 is 22.7 Å². The SMILES string of the molecule is CC1N=C(n2ccc(OCc3ccc4nc(C(F)(F)F)cc(Cl)c4c3)cc2=O)SC1C(=O)NCc1ccccc1. The van der Waals surface area contributed by atoms with Crippen molar-refractivity contribution in [2.75, 3.05) is 0 Å². The van der Waals surface area contributed by atoms with Crippen LogP contribution in [-0.4, -0.2) is 31.9 Å². The van der Waals surface area contributed by atoms with E-state index in [1.54, 1.807) is 18.2 Å². The number of rotatable bonds is 6. The van der Waals surface area contributed by atoms with Crippen molar-refractivity contribution in [2.45, 2.75) is 37.5 Å². The second kappa shape index (κ2) is 11.3. The zero-order valence-corrected chi connectivity index (χ0v) is 22.6. The number of nitrogens with zero attached hydrogens (tertiary/aromatic N) is 3. The van der Waals surface area contributed by atoms with Gasteiger partial charge in [0.05, 0.1) is 16.6 Å². The van der Waals surface area contributed by atoms with Gasteiger partial charge in [0, 0.05) is 24.2 Å². The van der Waals surface area contributed by atoms with Gasteiger partial charge in [-0.1, -0.05) is 59.8 Å². The van der Waals surface area contributed by atoms with Crippen molar-refractivity contribution in [3.63, 3.8) is 0 Å². The molecule has 5 rings (SSSR count). The van der Waals surface area contributed by atoms with Gasteiger partial charge in [0.1, 0.15) is 23.3 Å². The molecule has 0 spiro atoms. The average molecular weight is 587 g/mol. The number of hydrogen-bond acceptors (Lipinski definition) is 6. The number of ether oxygens (including phenoxy) is 1. The summed E-state index contributed by atoms with van der Waals surface area (Å²) in [7, 11) is 0. The van der Waals surface area contributed by atoms with Gasteiger partial charge in [-0.25, -0.2) is 4.98 Å². The number of aromatic nitrogens is 2. The first-order valence-corrected chi connectivity index (χ1v) is 13.4. The number of aliphatic imine (C=N–C) groups is 1. The van der Waals surface area contributed by atoms with Crippen LogP contribution in [0.25, 0.3) is 10.9 Å². The highest BCUT2D eigenvalue weighted by atomic mass is 35.5. The predicted octanol–water partition coefficient (Wildman–Crippen LogP) is 5.67. The van der Waals surface area contributed by atoms with E-state index in [2.05, 4.69) is 15.3 Å². The summed E-state index contributed by atoms with van der Waals surface area (Å²) in [6.07, 6.45) is -3.07. The molecule has 3 heterocycles. The Morgan fingerprint density at radius 3 is 2.60 bits per heavy atom. The molecular weight excluding hydrogens is 565 g/mol. The Balaban J connectivity index is 1.22. The number of amides is 1. The highest BCUT2D eigenvalue weighted by molar-refractivity contribution is 8.15. The summed E-state index contributed by atoms with van der Waals surface area (Å²) in [5, 5.41) is 3.16. The molecule has 206 valence electrons. The molecule has 0 fully saturated rings. The summed E-state index contributed by atoms with van der Waals surface area (Å²) in [6.45, 7) is 2.27. The monoisotopic (exact) mass is 586 g/mol. The molecule has 0 bridgehead atoms. The number of halogens is 4. The van der Waals surface area contributed by atoms with E-state index >= 15 is 0 Å². The summed E-state index contributed by atoms with van der Waals surface area (Å²) >= 11 is 7.30. The van der Waals surface area contributed by atoms with Crippen LogP contribution in [0, 0.1) is 0 Å². The molecule has 2 aromatic heterocycles. The van der Waals surface area contributed by atoms with Gasteiger partial charge < -0.3 is 10.1 Å². The van der Waals surface area contributed by atoms with Crippen LogP contribution in [0.2, 0.25) is 5.02 Å². The molecule has 1 aliphatic heterocycles. The van der Waals surface area contributed by atoms with E-state index in [-0.39, 0.29) is 34.7 Å². The largest absolute Gasteiger partial charge is 0.489 e. The lowest BCUT2D eigenvalue weighted by molar-refractivity contribution is -0.141. The van der Waals surface area contributed by atoms with Crippen molar-refractivity contribution in [3.8, 4) is 5.75 Å². The third-order valence-corrected chi connectivity index (χ3v) is 7.86. The van der Waals surface area contributed by atoms with E-state index in [4.69, 9.17) is 16.3 Å². The third kappa shape index (κ3) is 6.15. The number of carbonyl (C=O) groups excluding carboxylic acids is 1. The van der Waals surface area contributed by atoms with Crippen LogP contribution in [0.5, 0.6) is 5.75 Å². The van der Waals surface area contributed by atoms with E-state index in [9.17, 15) is 22.8 Å². The summed E-state index contributed by atoms with van der Waals surface area (Å²) in [5.74, 6) is 0.139. The third-order valence-electron chi connectivity index (χ3n) is 6.17. The zero-order chi connectivity index (χ0) is 28.4. The van der Waals surface area contributed by atoms with Crippen LogP contribution in [0.3, 0.4) is 0 Å². The second-order valence-electron chi connectivity index (χ2n) is 9.09. The normalized spacial score (nSPS) is 17.1. The smallest absolute Gasteiger partial charge is 0.433 e. The molecule has 12 heteroatoms. The number of hydrogen-bond donors (Lipinski definition) is 1. The summed E-state index contributed by atoms with van der Waals surface area (Å²) in [4.78, 5) is 33.7. The van der Waals surface area contributed by atoms with Crippen molar-refractivity contribution in [3.05, 3.63) is 105 Å². The van der Waals surface area contributed by atoms with Crippen LogP contribution in [0.1, 0.15) is 23.7 Å². The fourth-order valence-electron chi connectivity index (χ4n) is 4.10. The number of pyridine rings is 2. The van der Waals surface area contributed by atoms with Crippen molar-refractivity contribution in [1.29, 1.82) is 0 Å². The van der Waals surface area contributed by atoms with E-state index in [0.29, 0.717) is 28.4 Å². The fourth-order valence-corrected chi connectivity index (χ4v) is 5.53. The molecule has 1 N–H and O–H groups in total. The molecule has 4 aromatic rings. The minimum atomic E-state index is -4.60. The standard InChI is InChI=1S/C28H22ClF3N4O3S/c1-16-25(26(38)33-14-17-5-3-2-4-6-17)40-27(34-16)36-10-9-19(12-24(36)37)39-15-18-7-8-22-20(11-18)21(29)13-23(35-22)28(30,31)32/h2-13,16,25H,14-15H2,1H3,(H,33,38). The molecule has 1 aliphatic rings. The Hall–Kier alpha value is -3.83. The van der Waals surface area contributed by atoms with Crippen molar-refractivity contribution in [2.24, 2.45) is 4.99 Å². The van der Waals surface area contributed by atoms with Gasteiger partial charge in [-0.2, -0.15) is 13.2 Å². The van der Waals surface area contributed by atoms with Crippen LogP contribution >= 0.6 is 23.4 Å². The molecule has 2 aromatic carbocycles. The average Bonchev–Trinajstić information content (AvgIpc) is 3.32. The molecule has 0 aliphatic carbocycles. The molecule has 40 heavy (non-hydrogen) atoms. The minimum absolute atomic E-state index is 0.0487. The molecule has 0 saturated heterocycles. The Labute approximate surface area is 236 Å². The zero-order valence-electron chi connectivity index (χ0n) is 21.0. The Morgan fingerprint density at radius 1 is 1.10 bits per heavy atom. The maximum Gasteiger partial charge on any atom is 0.433 e. The number of benzene rings is 2. The van der Waals surface area contributed by atoms with Crippen molar-refractivity contribution in [1.82, 2.24) is 14.9 Å². The highest BCUT2D eigenvalue weighted by Crippen LogP contribution is 2.33. The predicted molar refractivity (Wildman–Crippen MR) is 149 cm³/mol. The van der Waals surface area contributed by atoms with E-state index in [1.807, 2.05) is 37.3 Å². The van der Waals surface area contributed by atoms with Gasteiger partial charge in [-0.3, -0.25) is 19.1 Å². The van der Waals surface area contributed by atoms with Crippen LogP contribution in [0.4, 0.5) is 13.2 Å². The number of thioether (sulfide) groups is 1. The molecule has 0 saturated carbocycles. The van der Waals surface area contributed by atoms with Crippen LogP contribution in [-0.2, 0) is 24.1 Å². The molecule has 1 amide bonds. The lowest BCUT2D eigenvalue weighted by atomic mass is 10.1. The van der Waals surface area contributed by atoms with Crippen LogP contribution in [0.15, 0.2) is 82.7 Å². The van der Waals surface area contributed by atoms with Gasteiger partial charge in [0.25, 0.3) is 5.56 Å². The van der Waals surface area contributed by atoms with Crippen LogP contribution < -0.4 is 15.6 Å². The van der Waals surface area contributed by atoms with Gasteiger partial charge in [-0.05, 0) is 42.3 Å². The molecule has 2 atom stereocenters. The summed E-state index contributed by atoms with van der Waals surface area (Å²) in [5.41, 5.74) is 0.287. The number of carbonyl (C=O) groups is 1. The first kappa shape index (κ1) is 27.7. The van der Waals surface area contributed by atoms with Gasteiger partial charge in [0.15, 0.2) is 5.17 Å². The van der Waals surface area contributed by atoms with E-state index < -0.39 is 17.1 Å². The maximum atomic E-state index is 13.0. The number of fused-ring (bicyclic) bond motifs is 1. The number of alkyl halides is 3. The van der Waals surface area contributed by atoms with Gasteiger partial charge >= 0.3 is 6.18 Å². The molecular formula is C28H22ClF3N4O3S. The second-order valence-corrected chi connectivity index (χ2v) is 10.6. The minimum Gasteiger partial charge on any atom is -0.489 e. The maximum absolute atomic E-state index is 13.0. The highest BCUT2D eigenvalue weighted by Gasteiger charge is 2.34. The lowest BCUT2D eigenvalue weighted by Gasteiger charge is -2.13. The summed E-state index contributed by atoms with van der Waals surface area (Å²) < 4.78 is 46.1. The Bertz CT molecular complexity index is 1660. The topological polar surface area (TPSA) is 85.6 Å². The van der Waals surface area contributed by atoms with Gasteiger partial charge in [-0.15, -0.1) is 0 Å². The first-order valence-electron chi connectivity index (χ1n) is 12.2. The van der Waals surface area contributed by atoms with Crippen molar-refractivity contribution >= 4 is 45.3 Å². The number of nitrogens with one attached hydrogen (secondary N) is 1. The molecule has 2 unspecified atom stereocenters. The summed E-state index contributed by atoms with van der Waals surface area (Å²) in [6, 6.07) is 17.6. The fraction of sp³-hybridized carbons (Fsp3) is 0.214. The first-order chi connectivity index (χ1) is 19.1. The quantitative estimate of drug-likeness (QED) is 0.315.